The molecule has 1 atom stereocenters. The van der Waals surface area contributed by atoms with E-state index in [0.717, 1.165) is 12.5 Å². The van der Waals surface area contributed by atoms with Gasteiger partial charge in [0.05, 0.1) is 0 Å². The monoisotopic (exact) mass is 256 g/mol. The highest BCUT2D eigenvalue weighted by Crippen LogP contribution is 2.11. The van der Waals surface area contributed by atoms with Gasteiger partial charge in [0.2, 0.25) is 0 Å². The SMILES string of the molecule is CCNC(C)CCCCN(CC)CC(CC)CC. The fraction of sp³-hybridized carbons (Fsp3) is 1.00. The fourth-order valence-electron chi connectivity index (χ4n) is 2.53. The fourth-order valence-corrected chi connectivity index (χ4v) is 2.53. The minimum atomic E-state index is 0.684. The van der Waals surface area contributed by atoms with Gasteiger partial charge in [0.1, 0.15) is 0 Å². The molecule has 0 aromatic heterocycles. The van der Waals surface area contributed by atoms with E-state index >= 15 is 0 Å². The summed E-state index contributed by atoms with van der Waals surface area (Å²) in [4.78, 5) is 2.63. The van der Waals surface area contributed by atoms with Crippen molar-refractivity contribution in [3.63, 3.8) is 0 Å². The third-order valence-corrected chi connectivity index (χ3v) is 4.03. The van der Waals surface area contributed by atoms with Gasteiger partial charge in [0.25, 0.3) is 0 Å². The van der Waals surface area contributed by atoms with E-state index in [1.54, 1.807) is 0 Å². The first-order valence-electron chi connectivity index (χ1n) is 8.13. The van der Waals surface area contributed by atoms with Crippen LogP contribution < -0.4 is 5.32 Å². The molecule has 0 spiro atoms. The lowest BCUT2D eigenvalue weighted by Crippen LogP contribution is -2.30. The Morgan fingerprint density at radius 1 is 1.00 bits per heavy atom. The van der Waals surface area contributed by atoms with Gasteiger partial charge in [-0.25, -0.2) is 0 Å². The summed E-state index contributed by atoms with van der Waals surface area (Å²) >= 11 is 0. The van der Waals surface area contributed by atoms with Gasteiger partial charge in [-0.1, -0.05) is 47.0 Å². The molecule has 0 aliphatic heterocycles. The van der Waals surface area contributed by atoms with Crippen LogP contribution >= 0.6 is 0 Å². The zero-order valence-electron chi connectivity index (χ0n) is 13.5. The van der Waals surface area contributed by atoms with Gasteiger partial charge in [-0.2, -0.15) is 0 Å². The Morgan fingerprint density at radius 3 is 2.17 bits per heavy atom. The quantitative estimate of drug-likeness (QED) is 0.533. The standard InChI is InChI=1S/C16H36N2/c1-6-16(7-2)14-18(9-4)13-11-10-12-15(5)17-8-3/h15-17H,6-14H2,1-5H3. The average molecular weight is 256 g/mol. The van der Waals surface area contributed by atoms with E-state index in [0.29, 0.717) is 6.04 Å². The van der Waals surface area contributed by atoms with Crippen molar-refractivity contribution in [2.75, 3.05) is 26.2 Å². The molecule has 0 rings (SSSR count). The number of rotatable bonds is 12. The summed E-state index contributed by atoms with van der Waals surface area (Å²) in [6, 6.07) is 0.684. The van der Waals surface area contributed by atoms with Crippen LogP contribution in [0.25, 0.3) is 0 Å². The predicted octanol–water partition coefficient (Wildman–Crippen LogP) is 3.91. The molecule has 0 saturated heterocycles. The molecule has 0 aromatic rings. The minimum absolute atomic E-state index is 0.684. The van der Waals surface area contributed by atoms with Crippen molar-refractivity contribution in [1.29, 1.82) is 0 Å². The Bertz CT molecular complexity index is 166. The van der Waals surface area contributed by atoms with Gasteiger partial charge < -0.3 is 10.2 Å². The maximum atomic E-state index is 3.48. The lowest BCUT2D eigenvalue weighted by molar-refractivity contribution is 0.228. The third kappa shape index (κ3) is 8.93. The molecule has 0 amide bonds. The van der Waals surface area contributed by atoms with E-state index < -0.39 is 0 Å². The molecule has 110 valence electrons. The van der Waals surface area contributed by atoms with Gasteiger partial charge in [0.15, 0.2) is 0 Å². The van der Waals surface area contributed by atoms with Crippen molar-refractivity contribution in [3.05, 3.63) is 0 Å². The Balaban J connectivity index is 3.67. The molecule has 0 fully saturated rings. The molecular formula is C16H36N2. The summed E-state index contributed by atoms with van der Waals surface area (Å²) in [5.41, 5.74) is 0. The van der Waals surface area contributed by atoms with Crippen LogP contribution in [0.1, 0.15) is 66.7 Å². The van der Waals surface area contributed by atoms with Gasteiger partial charge in [0, 0.05) is 12.6 Å². The van der Waals surface area contributed by atoms with E-state index in [1.807, 2.05) is 0 Å². The molecular weight excluding hydrogens is 220 g/mol. The maximum Gasteiger partial charge on any atom is 0.00386 e. The smallest absolute Gasteiger partial charge is 0.00386 e. The molecule has 1 unspecified atom stereocenters. The molecule has 18 heavy (non-hydrogen) atoms. The second-order valence-corrected chi connectivity index (χ2v) is 5.53. The first kappa shape index (κ1) is 17.9. The lowest BCUT2D eigenvalue weighted by atomic mass is 10.0. The first-order valence-corrected chi connectivity index (χ1v) is 8.13. The summed E-state index contributed by atoms with van der Waals surface area (Å²) in [5, 5.41) is 3.48. The number of nitrogens with one attached hydrogen (secondary N) is 1. The zero-order valence-corrected chi connectivity index (χ0v) is 13.5. The molecule has 0 saturated carbocycles. The lowest BCUT2D eigenvalue weighted by Gasteiger charge is -2.25. The van der Waals surface area contributed by atoms with Crippen LogP contribution in [0, 0.1) is 5.92 Å². The Morgan fingerprint density at radius 2 is 1.67 bits per heavy atom. The largest absolute Gasteiger partial charge is 0.315 e. The molecule has 0 bridgehead atoms. The van der Waals surface area contributed by atoms with E-state index in [2.05, 4.69) is 44.8 Å². The molecule has 2 nitrogen and oxygen atoms in total. The average Bonchev–Trinajstić information content (AvgIpc) is 2.38. The van der Waals surface area contributed by atoms with Crippen molar-refractivity contribution >= 4 is 0 Å². The normalized spacial score (nSPS) is 13.5. The van der Waals surface area contributed by atoms with Crippen LogP contribution in [0.5, 0.6) is 0 Å². The van der Waals surface area contributed by atoms with Gasteiger partial charge in [-0.15, -0.1) is 0 Å². The van der Waals surface area contributed by atoms with Crippen molar-refractivity contribution < 1.29 is 0 Å². The Hall–Kier alpha value is -0.0800. The first-order chi connectivity index (χ1) is 8.67. The topological polar surface area (TPSA) is 15.3 Å². The van der Waals surface area contributed by atoms with E-state index in [4.69, 9.17) is 0 Å². The highest BCUT2D eigenvalue weighted by atomic mass is 15.1. The van der Waals surface area contributed by atoms with Gasteiger partial charge >= 0.3 is 0 Å². The van der Waals surface area contributed by atoms with Crippen molar-refractivity contribution in [2.24, 2.45) is 5.92 Å². The molecule has 0 aliphatic rings. The summed E-state index contributed by atoms with van der Waals surface area (Å²) in [6.07, 6.45) is 6.67. The number of hydrogen-bond acceptors (Lipinski definition) is 2. The molecule has 1 N–H and O–H groups in total. The van der Waals surface area contributed by atoms with Crippen molar-refractivity contribution in [2.45, 2.75) is 72.8 Å². The van der Waals surface area contributed by atoms with E-state index in [9.17, 15) is 0 Å². The summed E-state index contributed by atoms with van der Waals surface area (Å²) in [6.45, 7) is 16.3. The predicted molar refractivity (Wildman–Crippen MR) is 83.2 cm³/mol. The van der Waals surface area contributed by atoms with Crippen molar-refractivity contribution in [1.82, 2.24) is 10.2 Å². The Labute approximate surface area is 116 Å². The summed E-state index contributed by atoms with van der Waals surface area (Å²) < 4.78 is 0. The second kappa shape index (κ2) is 12.0. The minimum Gasteiger partial charge on any atom is -0.315 e. The van der Waals surface area contributed by atoms with E-state index in [1.165, 1.54) is 51.7 Å². The third-order valence-electron chi connectivity index (χ3n) is 4.03. The number of unbranched alkanes of at least 4 members (excludes halogenated alkanes) is 1. The van der Waals surface area contributed by atoms with E-state index in [-0.39, 0.29) is 0 Å². The Kier molecular flexibility index (Phi) is 11.9. The van der Waals surface area contributed by atoms with Crippen LogP contribution in [0.15, 0.2) is 0 Å². The summed E-state index contributed by atoms with van der Waals surface area (Å²) in [7, 11) is 0. The second-order valence-electron chi connectivity index (χ2n) is 5.53. The van der Waals surface area contributed by atoms with Crippen LogP contribution in [0.2, 0.25) is 0 Å². The van der Waals surface area contributed by atoms with Crippen LogP contribution in [-0.2, 0) is 0 Å². The molecule has 0 radical (unpaired) electrons. The molecule has 0 heterocycles. The van der Waals surface area contributed by atoms with Crippen LogP contribution in [0.4, 0.5) is 0 Å². The molecule has 2 heteroatoms. The zero-order chi connectivity index (χ0) is 13.8. The van der Waals surface area contributed by atoms with Gasteiger partial charge in [-0.3, -0.25) is 0 Å². The molecule has 0 aliphatic carbocycles. The summed E-state index contributed by atoms with van der Waals surface area (Å²) in [5.74, 6) is 0.894. The number of hydrogen-bond donors (Lipinski definition) is 1. The van der Waals surface area contributed by atoms with Crippen molar-refractivity contribution in [3.8, 4) is 0 Å². The van der Waals surface area contributed by atoms with Crippen LogP contribution in [-0.4, -0.2) is 37.1 Å². The highest BCUT2D eigenvalue weighted by Gasteiger charge is 2.09. The van der Waals surface area contributed by atoms with Gasteiger partial charge in [-0.05, 0) is 45.3 Å². The van der Waals surface area contributed by atoms with Crippen LogP contribution in [0.3, 0.4) is 0 Å². The maximum absolute atomic E-state index is 3.48. The molecule has 0 aromatic carbocycles. The highest BCUT2D eigenvalue weighted by molar-refractivity contribution is 4.65. The number of nitrogens with zero attached hydrogens (tertiary/aromatic N) is 1.